The molecule has 217 valence electrons. The number of allylic oxidation sites excluding steroid dienone is 2. The van der Waals surface area contributed by atoms with E-state index in [1.165, 1.54) is 6.21 Å². The number of aromatic nitrogens is 4. The van der Waals surface area contributed by atoms with Crippen LogP contribution in [0.4, 0.5) is 0 Å². The van der Waals surface area contributed by atoms with Gasteiger partial charge in [0, 0.05) is 70.2 Å². The third-order valence-electron chi connectivity index (χ3n) is 7.70. The van der Waals surface area contributed by atoms with E-state index in [1.54, 1.807) is 19.1 Å². The van der Waals surface area contributed by atoms with Gasteiger partial charge in [-0.05, 0) is 93.8 Å². The fourth-order valence-electron chi connectivity index (χ4n) is 5.47. The largest absolute Gasteiger partial charge is 0.396 e. The molecule has 5 heterocycles. The molecule has 2 aliphatic rings. The average Bonchev–Trinajstić information content (AvgIpc) is 3.59. The normalized spacial score (nSPS) is 17.2. The molecule has 0 spiro atoms. The number of carbonyl (C=O) groups is 1. The van der Waals surface area contributed by atoms with Crippen LogP contribution in [0.1, 0.15) is 66.7 Å². The van der Waals surface area contributed by atoms with Gasteiger partial charge in [-0.3, -0.25) is 4.79 Å². The van der Waals surface area contributed by atoms with Crippen molar-refractivity contribution in [2.24, 2.45) is 10.9 Å². The Balaban J connectivity index is 0.00000423. The topological polar surface area (TPSA) is 131 Å². The maximum Gasteiger partial charge on any atom is 0.219 e. The maximum atomic E-state index is 11.9. The van der Waals surface area contributed by atoms with Crippen molar-refractivity contribution >= 4 is 87.0 Å². The van der Waals surface area contributed by atoms with E-state index in [2.05, 4.69) is 28.9 Å². The molecule has 1 amide bonds. The van der Waals surface area contributed by atoms with Crippen LogP contribution >= 0.6 is 0 Å². The van der Waals surface area contributed by atoms with E-state index in [0.717, 1.165) is 55.7 Å². The van der Waals surface area contributed by atoms with Gasteiger partial charge in [0.2, 0.25) is 5.91 Å². The van der Waals surface area contributed by atoms with Crippen LogP contribution in [0.3, 0.4) is 0 Å². The number of aliphatic hydroxyl groups is 1. The van der Waals surface area contributed by atoms with Gasteiger partial charge >= 0.3 is 0 Å². The Morgan fingerprint density at radius 3 is 2.63 bits per heavy atom. The van der Waals surface area contributed by atoms with Crippen LogP contribution in [-0.4, -0.2) is 72.9 Å². The van der Waals surface area contributed by atoms with Crippen molar-refractivity contribution in [3.05, 3.63) is 82.5 Å². The zero-order valence-corrected chi connectivity index (χ0v) is 27.7. The summed E-state index contributed by atoms with van der Waals surface area (Å²) in [5.41, 5.74) is 14.7. The molecule has 5 rings (SSSR count). The standard InChI is InChI=1S/C33H36N6O3.Na/c1-7-24-21(5)29-17-27-20(4)14-23(37-27)15-22-13-19(3)26(36-22)16-28-25(9-11-35-42-8-2)33(6,41)31(38-28)18-30(24)39(29)12-10-32(34)40;/h7,9,11,13-18,36,41H,1,8,10,12H2,2-6H3,(H2,34,40);. The first-order chi connectivity index (χ1) is 20.0. The van der Waals surface area contributed by atoms with Crippen LogP contribution in [0.5, 0.6) is 0 Å². The Hall–Kier alpha value is -3.76. The van der Waals surface area contributed by atoms with E-state index in [4.69, 9.17) is 20.5 Å². The summed E-state index contributed by atoms with van der Waals surface area (Å²) < 4.78 is 2.03. The second kappa shape index (κ2) is 12.9. The number of hydrogen-bond acceptors (Lipinski definition) is 6. The molecule has 4 N–H and O–H groups in total. The third-order valence-corrected chi connectivity index (χ3v) is 7.70. The minimum absolute atomic E-state index is 0. The number of fused-ring (bicyclic) bond motifs is 8. The molecule has 0 aliphatic carbocycles. The molecule has 0 fully saturated rings. The zero-order chi connectivity index (χ0) is 30.2. The van der Waals surface area contributed by atoms with Gasteiger partial charge in [-0.1, -0.05) is 17.8 Å². The molecule has 1 atom stereocenters. The molecule has 0 saturated heterocycles. The maximum absolute atomic E-state index is 11.9. The SMILES string of the molecule is C=Cc1c(C)c2cc3nc(cc4cc(C)c(cc5nc(cc1n2CCC(N)=O)C(C)(O)C5=CC=NOCC)[nH]4)C=C3C.[Na]. The predicted octanol–water partition coefficient (Wildman–Crippen LogP) is 5.42. The summed E-state index contributed by atoms with van der Waals surface area (Å²) in [4.78, 5) is 30.3. The van der Waals surface area contributed by atoms with Gasteiger partial charge in [-0.15, -0.1) is 0 Å². The third kappa shape index (κ3) is 6.31. The van der Waals surface area contributed by atoms with E-state index in [0.29, 0.717) is 30.1 Å². The molecule has 1 unspecified atom stereocenters. The number of aryl methyl sites for hydroxylation is 3. The van der Waals surface area contributed by atoms with Crippen molar-refractivity contribution in [3.63, 3.8) is 0 Å². The van der Waals surface area contributed by atoms with Gasteiger partial charge in [0.15, 0.2) is 0 Å². The summed E-state index contributed by atoms with van der Waals surface area (Å²) in [5, 5.41) is 15.9. The first kappa shape index (κ1) is 32.2. The molecule has 9 nitrogen and oxygen atoms in total. The van der Waals surface area contributed by atoms with E-state index in [-0.39, 0.29) is 36.0 Å². The van der Waals surface area contributed by atoms with E-state index >= 15 is 0 Å². The molecule has 10 heteroatoms. The first-order valence-corrected chi connectivity index (χ1v) is 13.9. The number of carbonyl (C=O) groups excluding carboxylic acids is 1. The van der Waals surface area contributed by atoms with Crippen LogP contribution in [0.15, 0.2) is 48.1 Å². The van der Waals surface area contributed by atoms with Crippen molar-refractivity contribution < 1.29 is 14.7 Å². The van der Waals surface area contributed by atoms with Gasteiger partial charge in [-0.25, -0.2) is 9.97 Å². The first-order valence-electron chi connectivity index (χ1n) is 13.9. The van der Waals surface area contributed by atoms with Crippen LogP contribution in [0, 0.1) is 13.8 Å². The van der Waals surface area contributed by atoms with Crippen LogP contribution in [0.2, 0.25) is 0 Å². The second-order valence-corrected chi connectivity index (χ2v) is 10.7. The molecule has 3 aromatic rings. The molecule has 1 radical (unpaired) electrons. The van der Waals surface area contributed by atoms with Crippen molar-refractivity contribution in [1.82, 2.24) is 19.5 Å². The van der Waals surface area contributed by atoms with Crippen LogP contribution < -0.4 is 5.73 Å². The number of rotatable bonds is 7. The number of oxime groups is 1. The van der Waals surface area contributed by atoms with Gasteiger partial charge in [0.1, 0.15) is 12.2 Å². The number of aromatic amines is 1. The van der Waals surface area contributed by atoms with E-state index < -0.39 is 11.5 Å². The Morgan fingerprint density at radius 2 is 1.93 bits per heavy atom. The number of nitrogens with two attached hydrogens (primary N) is 1. The summed E-state index contributed by atoms with van der Waals surface area (Å²) in [5.74, 6) is -0.408. The van der Waals surface area contributed by atoms with E-state index in [1.807, 2.05) is 56.5 Å². The number of primary amides is 1. The number of amides is 1. The van der Waals surface area contributed by atoms with Crippen molar-refractivity contribution in [2.45, 2.75) is 53.2 Å². The zero-order valence-electron chi connectivity index (χ0n) is 25.7. The predicted molar refractivity (Wildman–Crippen MR) is 175 cm³/mol. The van der Waals surface area contributed by atoms with Crippen molar-refractivity contribution in [2.75, 3.05) is 6.61 Å². The van der Waals surface area contributed by atoms with E-state index in [9.17, 15) is 9.90 Å². The number of nitrogens with one attached hydrogen (secondary N) is 1. The number of hydrogen-bond donors (Lipinski definition) is 3. The van der Waals surface area contributed by atoms with Gasteiger partial charge < -0.3 is 25.2 Å². The summed E-state index contributed by atoms with van der Waals surface area (Å²) in [7, 11) is 0. The fourth-order valence-corrected chi connectivity index (χ4v) is 5.47. The molecule has 0 saturated carbocycles. The quantitative estimate of drug-likeness (QED) is 0.193. The van der Waals surface area contributed by atoms with Gasteiger partial charge in [0.05, 0.1) is 34.5 Å². The Morgan fingerprint density at radius 1 is 1.16 bits per heavy atom. The second-order valence-electron chi connectivity index (χ2n) is 10.7. The summed E-state index contributed by atoms with van der Waals surface area (Å²) in [6, 6.07) is 9.88. The summed E-state index contributed by atoms with van der Waals surface area (Å²) in [6.45, 7) is 14.5. The Labute approximate surface area is 273 Å². The fraction of sp³-hybridized carbons (Fsp3) is 0.273. The monoisotopic (exact) mass is 587 g/mol. The van der Waals surface area contributed by atoms with Crippen molar-refractivity contribution in [1.29, 1.82) is 0 Å². The number of nitrogens with zero attached hydrogens (tertiary/aromatic N) is 4. The van der Waals surface area contributed by atoms with Gasteiger partial charge in [-0.2, -0.15) is 0 Å². The molecule has 0 aromatic carbocycles. The van der Waals surface area contributed by atoms with Crippen molar-refractivity contribution in [3.8, 4) is 0 Å². The molecular weight excluding hydrogens is 551 g/mol. The number of H-pyrrole nitrogens is 1. The van der Waals surface area contributed by atoms with Gasteiger partial charge in [0.25, 0.3) is 0 Å². The average molecular weight is 588 g/mol. The van der Waals surface area contributed by atoms with Crippen LogP contribution in [-0.2, 0) is 21.8 Å². The summed E-state index contributed by atoms with van der Waals surface area (Å²) in [6.07, 6.45) is 7.21. The minimum atomic E-state index is -1.46. The smallest absolute Gasteiger partial charge is 0.219 e. The molecule has 43 heavy (non-hydrogen) atoms. The molecular formula is C33H36N6NaO3. The Kier molecular flexibility index (Phi) is 9.61. The molecule has 8 bridgehead atoms. The minimum Gasteiger partial charge on any atom is -0.396 e. The van der Waals surface area contributed by atoms with Crippen LogP contribution in [0.25, 0.3) is 45.4 Å². The Bertz CT molecular complexity index is 1860. The molecule has 2 aliphatic heterocycles. The summed E-state index contributed by atoms with van der Waals surface area (Å²) >= 11 is 0. The molecule has 3 aromatic heterocycles.